The van der Waals surface area contributed by atoms with Crippen LogP contribution in [0.15, 0.2) is 60.9 Å². The Bertz CT molecular complexity index is 1110. The molecule has 2 aromatic heterocycles. The lowest BCUT2D eigenvalue weighted by atomic mass is 10.2. The van der Waals surface area contributed by atoms with Crippen molar-refractivity contribution in [2.75, 3.05) is 12.0 Å². The molecule has 2 N–H and O–H groups in total. The van der Waals surface area contributed by atoms with Crippen LogP contribution in [0.3, 0.4) is 0 Å². The van der Waals surface area contributed by atoms with E-state index in [-0.39, 0.29) is 5.56 Å². The van der Waals surface area contributed by atoms with E-state index >= 15 is 0 Å². The zero-order chi connectivity index (χ0) is 18.8. The number of carbonyl (C=O) groups is 1. The Labute approximate surface area is 154 Å². The minimum atomic E-state index is -0.982. The van der Waals surface area contributed by atoms with Crippen LogP contribution in [0.2, 0.25) is 0 Å². The number of rotatable bonds is 5. The molecule has 0 amide bonds. The Hall–Kier alpha value is -3.94. The van der Waals surface area contributed by atoms with E-state index in [1.165, 1.54) is 0 Å². The molecule has 0 aliphatic carbocycles. The average molecular weight is 361 g/mol. The van der Waals surface area contributed by atoms with Crippen LogP contribution in [0.25, 0.3) is 11.0 Å². The van der Waals surface area contributed by atoms with Crippen molar-refractivity contribution in [3.8, 4) is 5.75 Å². The van der Waals surface area contributed by atoms with Gasteiger partial charge in [-0.2, -0.15) is 10.1 Å². The first-order chi connectivity index (χ1) is 13.2. The molecule has 0 spiro atoms. The van der Waals surface area contributed by atoms with E-state index in [1.807, 2.05) is 29.2 Å². The number of ether oxygens (including phenoxy) is 1. The van der Waals surface area contributed by atoms with Crippen molar-refractivity contribution in [3.63, 3.8) is 0 Å². The van der Waals surface area contributed by atoms with Crippen molar-refractivity contribution in [1.29, 1.82) is 0 Å². The lowest BCUT2D eigenvalue weighted by Gasteiger charge is -2.23. The minimum Gasteiger partial charge on any atom is -0.497 e. The maximum absolute atomic E-state index is 11.2. The predicted molar refractivity (Wildman–Crippen MR) is 99.9 cm³/mol. The summed E-state index contributed by atoms with van der Waals surface area (Å²) in [6, 6.07) is 14.0. The molecular weight excluding hydrogens is 346 g/mol. The molecule has 4 aromatic rings. The Kier molecular flexibility index (Phi) is 4.13. The summed E-state index contributed by atoms with van der Waals surface area (Å²) in [7, 11) is 1.60. The zero-order valence-electron chi connectivity index (χ0n) is 14.3. The van der Waals surface area contributed by atoms with Gasteiger partial charge in [0.25, 0.3) is 0 Å². The van der Waals surface area contributed by atoms with Crippen LogP contribution in [-0.4, -0.2) is 38.4 Å². The van der Waals surface area contributed by atoms with Crippen molar-refractivity contribution in [3.05, 3.63) is 66.5 Å². The molecule has 8 heteroatoms. The van der Waals surface area contributed by atoms with Gasteiger partial charge in [0.15, 0.2) is 5.65 Å². The largest absolute Gasteiger partial charge is 0.497 e. The first-order valence-corrected chi connectivity index (χ1v) is 8.09. The van der Waals surface area contributed by atoms with Gasteiger partial charge in [-0.15, -0.1) is 0 Å². The van der Waals surface area contributed by atoms with Crippen LogP contribution in [-0.2, 0) is 0 Å². The van der Waals surface area contributed by atoms with E-state index in [9.17, 15) is 4.79 Å². The molecule has 0 aliphatic rings. The highest BCUT2D eigenvalue weighted by Gasteiger charge is 2.17. The smallest absolute Gasteiger partial charge is 0.335 e. The second-order valence-electron chi connectivity index (χ2n) is 5.73. The molecule has 8 nitrogen and oxygen atoms in total. The Morgan fingerprint density at radius 3 is 2.67 bits per heavy atom. The number of nitrogens with zero attached hydrogens (tertiary/aromatic N) is 4. The molecular formula is C19H15N5O3. The number of carboxylic acid groups (broad SMARTS) is 1. The van der Waals surface area contributed by atoms with E-state index in [2.05, 4.69) is 20.2 Å². The summed E-state index contributed by atoms with van der Waals surface area (Å²) in [5.74, 6) is 0.120. The lowest BCUT2D eigenvalue weighted by molar-refractivity contribution is 0.0697. The van der Waals surface area contributed by atoms with Gasteiger partial charge < -0.3 is 9.84 Å². The molecule has 0 atom stereocenters. The van der Waals surface area contributed by atoms with Crippen molar-refractivity contribution in [1.82, 2.24) is 20.2 Å². The van der Waals surface area contributed by atoms with Crippen LogP contribution < -0.4 is 9.64 Å². The summed E-state index contributed by atoms with van der Waals surface area (Å²) in [5, 5.41) is 16.8. The molecule has 2 aromatic carbocycles. The van der Waals surface area contributed by atoms with Gasteiger partial charge in [-0.3, -0.25) is 10.00 Å². The van der Waals surface area contributed by atoms with Gasteiger partial charge in [0.1, 0.15) is 5.75 Å². The number of hydrogen-bond donors (Lipinski definition) is 2. The Balaban J connectivity index is 1.86. The number of hydrogen-bond acceptors (Lipinski definition) is 6. The molecule has 4 rings (SSSR count). The number of anilines is 3. The molecule has 0 radical (unpaired) electrons. The molecule has 2 heterocycles. The lowest BCUT2D eigenvalue weighted by Crippen LogP contribution is -2.13. The molecule has 0 saturated carbocycles. The second-order valence-corrected chi connectivity index (χ2v) is 5.73. The molecule has 134 valence electrons. The number of carboxylic acids is 1. The summed E-state index contributed by atoms with van der Waals surface area (Å²) in [5.41, 5.74) is 2.30. The molecule has 27 heavy (non-hydrogen) atoms. The van der Waals surface area contributed by atoms with Crippen LogP contribution in [0.1, 0.15) is 10.4 Å². The van der Waals surface area contributed by atoms with Crippen LogP contribution >= 0.6 is 0 Å². The van der Waals surface area contributed by atoms with E-state index in [0.717, 1.165) is 11.1 Å². The topological polar surface area (TPSA) is 104 Å². The highest BCUT2D eigenvalue weighted by Crippen LogP contribution is 2.34. The summed E-state index contributed by atoms with van der Waals surface area (Å²) in [4.78, 5) is 22.0. The summed E-state index contributed by atoms with van der Waals surface area (Å²) in [6.07, 6.45) is 3.33. The predicted octanol–water partition coefficient (Wildman–Crippen LogP) is 3.53. The van der Waals surface area contributed by atoms with Gasteiger partial charge in [0.2, 0.25) is 5.95 Å². The third-order valence-corrected chi connectivity index (χ3v) is 4.06. The first kappa shape index (κ1) is 16.5. The van der Waals surface area contributed by atoms with Crippen LogP contribution in [0.4, 0.5) is 17.3 Å². The highest BCUT2D eigenvalue weighted by atomic mass is 16.5. The van der Waals surface area contributed by atoms with Crippen molar-refractivity contribution in [2.45, 2.75) is 0 Å². The van der Waals surface area contributed by atoms with E-state index < -0.39 is 5.97 Å². The van der Waals surface area contributed by atoms with Crippen LogP contribution in [0, 0.1) is 0 Å². The van der Waals surface area contributed by atoms with Gasteiger partial charge >= 0.3 is 5.97 Å². The number of benzene rings is 2. The zero-order valence-corrected chi connectivity index (χ0v) is 14.3. The molecule has 0 saturated heterocycles. The van der Waals surface area contributed by atoms with Crippen molar-refractivity contribution >= 4 is 34.3 Å². The van der Waals surface area contributed by atoms with Crippen molar-refractivity contribution < 1.29 is 14.6 Å². The monoisotopic (exact) mass is 361 g/mol. The fraction of sp³-hybridized carbons (Fsp3) is 0.0526. The number of aromatic nitrogens is 4. The maximum atomic E-state index is 11.2. The number of H-pyrrole nitrogens is 1. The average Bonchev–Trinajstić information content (AvgIpc) is 3.17. The maximum Gasteiger partial charge on any atom is 0.335 e. The van der Waals surface area contributed by atoms with E-state index in [1.54, 1.807) is 43.8 Å². The number of aromatic carboxylic acids is 1. The fourth-order valence-electron chi connectivity index (χ4n) is 2.72. The van der Waals surface area contributed by atoms with Gasteiger partial charge in [-0.05, 0) is 36.4 Å². The van der Waals surface area contributed by atoms with Crippen LogP contribution in [0.5, 0.6) is 5.75 Å². The SMILES string of the molecule is COc1cccc(N(c2ccc(C(=O)O)cc2)c2ncc3cn[nH]c3n2)c1. The number of methoxy groups -OCH3 is 1. The highest BCUT2D eigenvalue weighted by molar-refractivity contribution is 5.88. The molecule has 0 unspecified atom stereocenters. The number of fused-ring (bicyclic) bond motifs is 1. The summed E-state index contributed by atoms with van der Waals surface area (Å²) >= 11 is 0. The third-order valence-electron chi connectivity index (χ3n) is 4.06. The van der Waals surface area contributed by atoms with Gasteiger partial charge in [-0.25, -0.2) is 9.78 Å². The molecule has 0 bridgehead atoms. The molecule has 0 aliphatic heterocycles. The minimum absolute atomic E-state index is 0.203. The Morgan fingerprint density at radius 1 is 1.11 bits per heavy atom. The second kappa shape index (κ2) is 6.75. The fourth-order valence-corrected chi connectivity index (χ4v) is 2.72. The van der Waals surface area contributed by atoms with Gasteiger partial charge in [-0.1, -0.05) is 6.07 Å². The quantitative estimate of drug-likeness (QED) is 0.560. The summed E-state index contributed by atoms with van der Waals surface area (Å²) < 4.78 is 5.32. The van der Waals surface area contributed by atoms with E-state index in [4.69, 9.17) is 9.84 Å². The number of aromatic amines is 1. The van der Waals surface area contributed by atoms with Gasteiger partial charge in [0.05, 0.1) is 29.9 Å². The summed E-state index contributed by atoms with van der Waals surface area (Å²) in [6.45, 7) is 0. The van der Waals surface area contributed by atoms with Crippen molar-refractivity contribution in [2.24, 2.45) is 0 Å². The third kappa shape index (κ3) is 3.15. The normalized spacial score (nSPS) is 10.7. The van der Waals surface area contributed by atoms with E-state index in [0.29, 0.717) is 23.0 Å². The first-order valence-electron chi connectivity index (χ1n) is 8.09. The standard InChI is InChI=1S/C19H15N5O3/c1-27-16-4-2-3-15(9-16)24(14-7-5-12(6-8-14)18(25)26)19-20-10-13-11-21-23-17(13)22-19/h2-11H,1H3,(H,25,26)(H,20,21,22,23). The molecule has 0 fully saturated rings. The van der Waals surface area contributed by atoms with Gasteiger partial charge in [0, 0.05) is 18.0 Å². The Morgan fingerprint density at radius 2 is 1.93 bits per heavy atom. The number of nitrogens with one attached hydrogen (secondary N) is 1.